The molecule has 3 heterocycles. The van der Waals surface area contributed by atoms with E-state index in [1.807, 2.05) is 13.8 Å². The van der Waals surface area contributed by atoms with E-state index in [-0.39, 0.29) is 11.6 Å². The number of nitrogens with one attached hydrogen (secondary N) is 1. The molecule has 0 saturated carbocycles. The minimum absolute atomic E-state index is 0.215. The number of pyridine rings is 2. The molecule has 132 valence electrons. The van der Waals surface area contributed by atoms with Crippen molar-refractivity contribution in [1.29, 1.82) is 0 Å². The minimum Gasteiger partial charge on any atom is -0.496 e. The predicted octanol–water partition coefficient (Wildman–Crippen LogP) is 2.95. The van der Waals surface area contributed by atoms with Crippen LogP contribution in [-0.2, 0) is 16.6 Å². The second kappa shape index (κ2) is 6.97. The van der Waals surface area contributed by atoms with Gasteiger partial charge in [-0.25, -0.2) is 4.98 Å². The van der Waals surface area contributed by atoms with Crippen LogP contribution in [0.3, 0.4) is 0 Å². The van der Waals surface area contributed by atoms with Gasteiger partial charge >= 0.3 is 0 Å². The summed E-state index contributed by atoms with van der Waals surface area (Å²) in [5.41, 5.74) is 3.50. The molecular weight excluding hydrogens is 364 g/mol. The molecule has 3 rings (SSSR count). The lowest BCUT2D eigenvalue weighted by atomic mass is 10.1. The van der Waals surface area contributed by atoms with Crippen LogP contribution in [0.2, 0.25) is 5.02 Å². The summed E-state index contributed by atoms with van der Waals surface area (Å²) in [4.78, 5) is 15.8. The third-order valence-electron chi connectivity index (χ3n) is 3.80. The van der Waals surface area contributed by atoms with E-state index < -0.39 is 10.8 Å². The Bertz CT molecular complexity index is 974. The Labute approximate surface area is 152 Å². The average Bonchev–Trinajstić information content (AvgIpc) is 3.00. The zero-order valence-corrected chi connectivity index (χ0v) is 15.8. The van der Waals surface area contributed by atoms with Crippen LogP contribution >= 0.6 is 11.6 Å². The number of ether oxygens (including phenoxy) is 2. The number of fused-ring (bicyclic) bond motifs is 1. The molecule has 7 nitrogen and oxygen atoms in total. The summed E-state index contributed by atoms with van der Waals surface area (Å²) in [7, 11) is 1.67. The third-order valence-corrected chi connectivity index (χ3v) is 5.23. The van der Waals surface area contributed by atoms with Crippen molar-refractivity contribution in [3.05, 3.63) is 34.1 Å². The highest BCUT2D eigenvalue weighted by Crippen LogP contribution is 2.27. The third kappa shape index (κ3) is 3.32. The molecule has 3 aromatic heterocycles. The second-order valence-electron chi connectivity index (χ2n) is 5.43. The SMILES string of the molecule is COc1nc2nc(S(=O)Cc3ncc(C)c(OC)c3C)[nH]c2cc1Cl. The molecule has 25 heavy (non-hydrogen) atoms. The van der Waals surface area contributed by atoms with Crippen molar-refractivity contribution in [3.8, 4) is 11.6 Å². The van der Waals surface area contributed by atoms with Gasteiger partial charge in [0.25, 0.3) is 0 Å². The van der Waals surface area contributed by atoms with Crippen molar-refractivity contribution in [1.82, 2.24) is 19.9 Å². The maximum absolute atomic E-state index is 12.7. The van der Waals surface area contributed by atoms with Gasteiger partial charge in [0.1, 0.15) is 10.8 Å². The van der Waals surface area contributed by atoms with Crippen LogP contribution in [0.5, 0.6) is 11.6 Å². The summed E-state index contributed by atoms with van der Waals surface area (Å²) in [6.45, 7) is 3.82. The molecule has 1 N–H and O–H groups in total. The number of rotatable bonds is 5. The zero-order valence-electron chi connectivity index (χ0n) is 14.2. The van der Waals surface area contributed by atoms with Crippen molar-refractivity contribution < 1.29 is 13.7 Å². The number of hydrogen-bond acceptors (Lipinski definition) is 6. The molecule has 0 fully saturated rings. The van der Waals surface area contributed by atoms with Gasteiger partial charge in [-0.05, 0) is 19.9 Å². The zero-order chi connectivity index (χ0) is 18.1. The molecule has 3 aromatic rings. The van der Waals surface area contributed by atoms with Crippen molar-refractivity contribution in [3.63, 3.8) is 0 Å². The Morgan fingerprint density at radius 3 is 2.68 bits per heavy atom. The second-order valence-corrected chi connectivity index (χ2v) is 7.20. The van der Waals surface area contributed by atoms with Gasteiger partial charge in [-0.3, -0.25) is 9.19 Å². The average molecular weight is 381 g/mol. The molecule has 0 aliphatic carbocycles. The highest BCUT2D eigenvalue weighted by atomic mass is 35.5. The lowest BCUT2D eigenvalue weighted by Gasteiger charge is -2.11. The van der Waals surface area contributed by atoms with Crippen LogP contribution in [-0.4, -0.2) is 38.4 Å². The van der Waals surface area contributed by atoms with Crippen molar-refractivity contribution >= 4 is 33.6 Å². The number of aromatic amines is 1. The topological polar surface area (TPSA) is 90.0 Å². The van der Waals surface area contributed by atoms with Gasteiger partial charge < -0.3 is 14.5 Å². The molecule has 0 saturated heterocycles. The van der Waals surface area contributed by atoms with Gasteiger partial charge in [-0.1, -0.05) is 11.6 Å². The van der Waals surface area contributed by atoms with E-state index in [0.29, 0.717) is 27.0 Å². The molecule has 0 aromatic carbocycles. The van der Waals surface area contributed by atoms with E-state index in [4.69, 9.17) is 21.1 Å². The molecule has 0 aliphatic rings. The first-order valence-corrected chi connectivity index (χ1v) is 9.12. The summed E-state index contributed by atoms with van der Waals surface area (Å²) in [5.74, 6) is 1.25. The Hall–Kier alpha value is -2.19. The largest absolute Gasteiger partial charge is 0.496 e. The van der Waals surface area contributed by atoms with Crippen LogP contribution in [0.4, 0.5) is 0 Å². The van der Waals surface area contributed by atoms with E-state index >= 15 is 0 Å². The van der Waals surface area contributed by atoms with Gasteiger partial charge in [0.05, 0.1) is 42.0 Å². The van der Waals surface area contributed by atoms with Gasteiger partial charge in [0.15, 0.2) is 10.8 Å². The fraction of sp³-hybridized carbons (Fsp3) is 0.312. The lowest BCUT2D eigenvalue weighted by molar-refractivity contribution is 0.399. The van der Waals surface area contributed by atoms with Gasteiger partial charge in [0.2, 0.25) is 5.88 Å². The fourth-order valence-corrected chi connectivity index (χ4v) is 3.86. The molecule has 1 unspecified atom stereocenters. The summed E-state index contributed by atoms with van der Waals surface area (Å²) in [6, 6.07) is 1.65. The summed E-state index contributed by atoms with van der Waals surface area (Å²) < 4.78 is 23.2. The van der Waals surface area contributed by atoms with Crippen LogP contribution < -0.4 is 9.47 Å². The number of H-pyrrole nitrogens is 1. The summed E-state index contributed by atoms with van der Waals surface area (Å²) in [6.07, 6.45) is 1.71. The molecule has 0 bridgehead atoms. The Morgan fingerprint density at radius 1 is 1.24 bits per heavy atom. The van der Waals surface area contributed by atoms with Crippen LogP contribution in [0, 0.1) is 13.8 Å². The Kier molecular flexibility index (Phi) is 4.91. The van der Waals surface area contributed by atoms with Crippen LogP contribution in [0.25, 0.3) is 11.2 Å². The standard InChI is InChI=1S/C16H17ClN4O3S/c1-8-6-18-12(9(2)13(8)23-3)7-25(22)16-19-11-5-10(17)15(24-4)20-14(11)21-16/h5-6H,7H2,1-4H3,(H,19,20,21). The molecule has 0 amide bonds. The molecule has 0 aliphatic heterocycles. The van der Waals surface area contributed by atoms with E-state index in [9.17, 15) is 4.21 Å². The maximum atomic E-state index is 12.7. The molecule has 0 radical (unpaired) electrons. The smallest absolute Gasteiger partial charge is 0.234 e. The van der Waals surface area contributed by atoms with Crippen molar-refractivity contribution in [2.75, 3.05) is 14.2 Å². The molecule has 1 atom stereocenters. The first-order valence-electron chi connectivity index (χ1n) is 7.42. The number of aromatic nitrogens is 4. The van der Waals surface area contributed by atoms with E-state index in [0.717, 1.165) is 16.9 Å². The molecule has 0 spiro atoms. The normalized spacial score (nSPS) is 12.4. The van der Waals surface area contributed by atoms with E-state index in [2.05, 4.69) is 19.9 Å². The Balaban J connectivity index is 1.93. The van der Waals surface area contributed by atoms with Crippen molar-refractivity contribution in [2.24, 2.45) is 0 Å². The summed E-state index contributed by atoms with van der Waals surface area (Å²) >= 11 is 6.06. The lowest BCUT2D eigenvalue weighted by Crippen LogP contribution is -2.05. The van der Waals surface area contributed by atoms with Crippen LogP contribution in [0.1, 0.15) is 16.8 Å². The van der Waals surface area contributed by atoms with Gasteiger partial charge in [-0.15, -0.1) is 0 Å². The van der Waals surface area contributed by atoms with Gasteiger partial charge in [-0.2, -0.15) is 4.98 Å². The van der Waals surface area contributed by atoms with Crippen molar-refractivity contribution in [2.45, 2.75) is 24.8 Å². The van der Waals surface area contributed by atoms with E-state index in [1.165, 1.54) is 7.11 Å². The molecule has 9 heteroatoms. The number of aryl methyl sites for hydroxylation is 1. The number of methoxy groups -OCH3 is 2. The van der Waals surface area contributed by atoms with Crippen LogP contribution in [0.15, 0.2) is 17.4 Å². The van der Waals surface area contributed by atoms with Gasteiger partial charge in [0, 0.05) is 17.3 Å². The first kappa shape index (κ1) is 17.6. The number of nitrogens with zero attached hydrogens (tertiary/aromatic N) is 3. The fourth-order valence-electron chi connectivity index (χ4n) is 2.54. The Morgan fingerprint density at radius 2 is 2.00 bits per heavy atom. The number of imidazole rings is 1. The monoisotopic (exact) mass is 380 g/mol. The highest BCUT2D eigenvalue weighted by molar-refractivity contribution is 7.84. The summed E-state index contributed by atoms with van der Waals surface area (Å²) in [5, 5.41) is 0.671. The highest BCUT2D eigenvalue weighted by Gasteiger charge is 2.17. The number of hydrogen-bond donors (Lipinski definition) is 1. The molecular formula is C16H17ClN4O3S. The first-order chi connectivity index (χ1) is 11.9. The maximum Gasteiger partial charge on any atom is 0.234 e. The minimum atomic E-state index is -1.42. The van der Waals surface area contributed by atoms with E-state index in [1.54, 1.807) is 19.4 Å². The number of halogens is 1. The predicted molar refractivity (Wildman–Crippen MR) is 95.8 cm³/mol. The quantitative estimate of drug-likeness (QED) is 0.731.